The van der Waals surface area contributed by atoms with E-state index >= 15 is 0 Å². The van der Waals surface area contributed by atoms with Crippen LogP contribution in [-0.4, -0.2) is 24.0 Å². The first-order chi connectivity index (χ1) is 13.0. The summed E-state index contributed by atoms with van der Waals surface area (Å²) >= 11 is 0. The number of nitro benzene ring substituents is 1. The number of rotatable bonds is 4. The molecule has 3 rings (SSSR count). The van der Waals surface area contributed by atoms with Crippen molar-refractivity contribution in [1.82, 2.24) is 0 Å². The number of hydrogen-bond donors (Lipinski definition) is 1. The summed E-state index contributed by atoms with van der Waals surface area (Å²) in [6.07, 6.45) is 1.44. The van der Waals surface area contributed by atoms with Crippen molar-refractivity contribution in [3.63, 3.8) is 0 Å². The van der Waals surface area contributed by atoms with Gasteiger partial charge in [-0.15, -0.1) is 0 Å². The van der Waals surface area contributed by atoms with Crippen molar-refractivity contribution in [2.45, 2.75) is 6.92 Å². The Kier molecular flexibility index (Phi) is 5.04. The molecule has 8 heteroatoms. The molecule has 0 radical (unpaired) electrons. The summed E-state index contributed by atoms with van der Waals surface area (Å²) < 4.78 is 10.7. The second-order valence-electron chi connectivity index (χ2n) is 5.75. The third kappa shape index (κ3) is 3.88. The van der Waals surface area contributed by atoms with Gasteiger partial charge in [-0.25, -0.2) is 0 Å². The van der Waals surface area contributed by atoms with Gasteiger partial charge in [0.05, 0.1) is 11.0 Å². The number of fused-ring (bicyclic) bond motifs is 1. The lowest BCUT2D eigenvalue weighted by Gasteiger charge is -2.19. The molecule has 0 fully saturated rings. The Morgan fingerprint density at radius 1 is 1.26 bits per heavy atom. The number of nitrogens with zero attached hydrogens (tertiary/aromatic N) is 2. The minimum atomic E-state index is -0.750. The Labute approximate surface area is 154 Å². The molecule has 136 valence electrons. The molecule has 2 aromatic carbocycles. The van der Waals surface area contributed by atoms with Gasteiger partial charge >= 0.3 is 0 Å². The lowest BCUT2D eigenvalue weighted by molar-refractivity contribution is -0.384. The number of anilines is 1. The first-order valence-corrected chi connectivity index (χ1v) is 8.06. The summed E-state index contributed by atoms with van der Waals surface area (Å²) in [5.41, 5.74) is 1.01. The molecule has 1 amide bonds. The van der Waals surface area contributed by atoms with Gasteiger partial charge in [-0.3, -0.25) is 14.9 Å². The standard InChI is InChI=1S/C19H15N3O5/c1-12-4-2-3-5-13(12)8-14(11-20)19(23)21-15-9-17-18(27-7-6-26-17)10-16(15)22(24)25/h2-5,8-10H,6-7H2,1H3,(H,21,23)/b14-8+. The molecule has 0 bridgehead atoms. The molecule has 8 nitrogen and oxygen atoms in total. The summed E-state index contributed by atoms with van der Waals surface area (Å²) in [7, 11) is 0. The molecule has 1 aliphatic heterocycles. The fourth-order valence-electron chi connectivity index (χ4n) is 2.57. The molecule has 0 aliphatic carbocycles. The molecule has 2 aromatic rings. The third-order valence-corrected chi connectivity index (χ3v) is 3.96. The van der Waals surface area contributed by atoms with Crippen LogP contribution in [0, 0.1) is 28.4 Å². The molecule has 27 heavy (non-hydrogen) atoms. The Morgan fingerprint density at radius 3 is 2.56 bits per heavy atom. The maximum absolute atomic E-state index is 12.5. The summed E-state index contributed by atoms with van der Waals surface area (Å²) in [4.78, 5) is 23.2. The van der Waals surface area contributed by atoms with E-state index in [2.05, 4.69) is 5.32 Å². The van der Waals surface area contributed by atoms with Crippen LogP contribution in [0.15, 0.2) is 42.0 Å². The number of benzene rings is 2. The third-order valence-electron chi connectivity index (χ3n) is 3.96. The monoisotopic (exact) mass is 365 g/mol. The van der Waals surface area contributed by atoms with Crippen molar-refractivity contribution >= 4 is 23.4 Å². The molecular formula is C19H15N3O5. The van der Waals surface area contributed by atoms with E-state index in [0.29, 0.717) is 17.9 Å². The summed E-state index contributed by atoms with van der Waals surface area (Å²) in [6, 6.07) is 11.6. The minimum Gasteiger partial charge on any atom is -0.486 e. The maximum atomic E-state index is 12.5. The fraction of sp³-hybridized carbons (Fsp3) is 0.158. The Morgan fingerprint density at radius 2 is 1.93 bits per heavy atom. The van der Waals surface area contributed by atoms with Crippen LogP contribution in [-0.2, 0) is 4.79 Å². The van der Waals surface area contributed by atoms with Gasteiger partial charge in [0, 0.05) is 6.07 Å². The molecular weight excluding hydrogens is 350 g/mol. The summed E-state index contributed by atoms with van der Waals surface area (Å²) in [6.45, 7) is 2.44. The van der Waals surface area contributed by atoms with Crippen molar-refractivity contribution in [3.8, 4) is 17.6 Å². The SMILES string of the molecule is Cc1ccccc1/C=C(\C#N)C(=O)Nc1cc2c(cc1[N+](=O)[O-])OCCO2. The number of hydrogen-bond acceptors (Lipinski definition) is 6. The predicted molar refractivity (Wildman–Crippen MR) is 97.5 cm³/mol. The first-order valence-electron chi connectivity index (χ1n) is 8.06. The van der Waals surface area contributed by atoms with E-state index in [0.717, 1.165) is 5.56 Å². The van der Waals surface area contributed by atoms with Crippen molar-refractivity contribution in [3.05, 3.63) is 63.2 Å². The van der Waals surface area contributed by atoms with E-state index < -0.39 is 10.8 Å². The highest BCUT2D eigenvalue weighted by Crippen LogP contribution is 2.39. The van der Waals surface area contributed by atoms with E-state index in [1.807, 2.05) is 25.1 Å². The van der Waals surface area contributed by atoms with E-state index in [4.69, 9.17) is 9.47 Å². The quantitative estimate of drug-likeness (QED) is 0.385. The largest absolute Gasteiger partial charge is 0.486 e. The van der Waals surface area contributed by atoms with E-state index in [9.17, 15) is 20.2 Å². The van der Waals surface area contributed by atoms with Crippen LogP contribution in [0.3, 0.4) is 0 Å². The highest BCUT2D eigenvalue weighted by Gasteiger charge is 2.24. The van der Waals surface area contributed by atoms with E-state index in [-0.39, 0.29) is 29.3 Å². The molecule has 1 heterocycles. The molecule has 0 spiro atoms. The van der Waals surface area contributed by atoms with Crippen molar-refractivity contribution in [2.24, 2.45) is 0 Å². The van der Waals surface area contributed by atoms with Crippen molar-refractivity contribution in [2.75, 3.05) is 18.5 Å². The Bertz CT molecular complexity index is 991. The van der Waals surface area contributed by atoms with Crippen LogP contribution in [0.5, 0.6) is 11.5 Å². The van der Waals surface area contributed by atoms with E-state index in [1.165, 1.54) is 18.2 Å². The van der Waals surface area contributed by atoms with Crippen LogP contribution >= 0.6 is 0 Å². The zero-order valence-corrected chi connectivity index (χ0v) is 14.4. The zero-order chi connectivity index (χ0) is 19.4. The molecule has 1 aliphatic rings. The zero-order valence-electron chi connectivity index (χ0n) is 14.4. The Hall–Kier alpha value is -3.86. The number of ether oxygens (including phenoxy) is 2. The van der Waals surface area contributed by atoms with Gasteiger partial charge in [0.2, 0.25) is 0 Å². The highest BCUT2D eigenvalue weighted by atomic mass is 16.6. The second-order valence-corrected chi connectivity index (χ2v) is 5.75. The first kappa shape index (κ1) is 17.9. The molecule has 0 saturated carbocycles. The number of nitrogens with one attached hydrogen (secondary N) is 1. The van der Waals surface area contributed by atoms with Crippen LogP contribution < -0.4 is 14.8 Å². The van der Waals surface area contributed by atoms with Crippen molar-refractivity contribution in [1.29, 1.82) is 5.26 Å². The van der Waals surface area contributed by atoms with Gasteiger partial charge in [-0.1, -0.05) is 24.3 Å². The second kappa shape index (κ2) is 7.58. The number of amides is 1. The molecule has 0 atom stereocenters. The number of nitro groups is 1. The van der Waals surface area contributed by atoms with Crippen LogP contribution in [0.2, 0.25) is 0 Å². The van der Waals surface area contributed by atoms with Crippen molar-refractivity contribution < 1.29 is 19.2 Å². The molecule has 0 saturated heterocycles. The average molecular weight is 365 g/mol. The molecule has 0 unspecified atom stereocenters. The van der Waals surface area contributed by atoms with Gasteiger partial charge < -0.3 is 14.8 Å². The van der Waals surface area contributed by atoms with Gasteiger partial charge in [0.1, 0.15) is 30.5 Å². The van der Waals surface area contributed by atoms with Gasteiger partial charge in [0.15, 0.2) is 11.5 Å². The predicted octanol–water partition coefficient (Wildman–Crippen LogP) is 3.22. The fourth-order valence-corrected chi connectivity index (χ4v) is 2.57. The summed E-state index contributed by atoms with van der Waals surface area (Å²) in [5.74, 6) is -0.217. The lowest BCUT2D eigenvalue weighted by Crippen LogP contribution is -2.18. The number of carbonyl (C=O) groups excluding carboxylic acids is 1. The lowest BCUT2D eigenvalue weighted by atomic mass is 10.1. The van der Waals surface area contributed by atoms with Crippen LogP contribution in [0.25, 0.3) is 6.08 Å². The Balaban J connectivity index is 1.94. The van der Waals surface area contributed by atoms with Crippen LogP contribution in [0.4, 0.5) is 11.4 Å². The van der Waals surface area contributed by atoms with Gasteiger partial charge in [0.25, 0.3) is 11.6 Å². The van der Waals surface area contributed by atoms with Gasteiger partial charge in [-0.05, 0) is 24.1 Å². The topological polar surface area (TPSA) is 114 Å². The normalized spacial score (nSPS) is 12.8. The number of carbonyl (C=O) groups is 1. The molecule has 1 N–H and O–H groups in total. The van der Waals surface area contributed by atoms with Gasteiger partial charge in [-0.2, -0.15) is 5.26 Å². The number of nitriles is 1. The van der Waals surface area contributed by atoms with Crippen LogP contribution in [0.1, 0.15) is 11.1 Å². The maximum Gasteiger partial charge on any atom is 0.296 e. The molecule has 0 aromatic heterocycles. The highest BCUT2D eigenvalue weighted by molar-refractivity contribution is 6.10. The average Bonchev–Trinajstić information content (AvgIpc) is 2.66. The summed E-state index contributed by atoms with van der Waals surface area (Å²) in [5, 5.41) is 23.1. The van der Waals surface area contributed by atoms with E-state index in [1.54, 1.807) is 12.1 Å². The smallest absolute Gasteiger partial charge is 0.296 e. The minimum absolute atomic E-state index is 0.0693. The number of aryl methyl sites for hydroxylation is 1.